The molecule has 0 fully saturated rings. The fourth-order valence-electron chi connectivity index (χ4n) is 1.10. The van der Waals surface area contributed by atoms with Gasteiger partial charge in [0.05, 0.1) is 11.1 Å². The minimum atomic E-state index is -1.11. The molecule has 0 spiro atoms. The topological polar surface area (TPSA) is 121 Å². The van der Waals surface area contributed by atoms with Gasteiger partial charge in [0, 0.05) is 0 Å². The SMILES string of the molecule is CCC(N)O.Cc1c(C(=O)O)cccc1C(=O)O. The lowest BCUT2D eigenvalue weighted by Gasteiger charge is -2.03. The van der Waals surface area contributed by atoms with E-state index in [1.807, 2.05) is 6.92 Å². The minimum absolute atomic E-state index is 0.0277. The van der Waals surface area contributed by atoms with E-state index in [1.165, 1.54) is 25.1 Å². The monoisotopic (exact) mass is 255 g/mol. The maximum Gasteiger partial charge on any atom is 0.335 e. The van der Waals surface area contributed by atoms with Gasteiger partial charge in [-0.2, -0.15) is 0 Å². The Morgan fingerprint density at radius 3 is 1.78 bits per heavy atom. The molecule has 1 aromatic carbocycles. The van der Waals surface area contributed by atoms with Crippen LogP contribution < -0.4 is 5.73 Å². The Hall–Kier alpha value is -1.92. The quantitative estimate of drug-likeness (QED) is 0.599. The summed E-state index contributed by atoms with van der Waals surface area (Å²) in [6.07, 6.45) is 0.0231. The summed E-state index contributed by atoms with van der Waals surface area (Å²) in [4.78, 5) is 21.2. The van der Waals surface area contributed by atoms with Crippen LogP contribution in [0.5, 0.6) is 0 Å². The molecule has 1 rings (SSSR count). The number of carboxylic acids is 2. The summed E-state index contributed by atoms with van der Waals surface area (Å²) in [7, 11) is 0. The van der Waals surface area contributed by atoms with E-state index in [0.717, 1.165) is 0 Å². The first-order chi connectivity index (χ1) is 8.31. The van der Waals surface area contributed by atoms with Crippen molar-refractivity contribution < 1.29 is 24.9 Å². The van der Waals surface area contributed by atoms with Crippen LogP contribution >= 0.6 is 0 Å². The van der Waals surface area contributed by atoms with Crippen LogP contribution in [0.3, 0.4) is 0 Å². The second-order valence-electron chi connectivity index (χ2n) is 3.56. The van der Waals surface area contributed by atoms with Gasteiger partial charge in [0.1, 0.15) is 6.23 Å². The van der Waals surface area contributed by atoms with Gasteiger partial charge >= 0.3 is 11.9 Å². The highest BCUT2D eigenvalue weighted by atomic mass is 16.4. The number of rotatable bonds is 3. The molecule has 18 heavy (non-hydrogen) atoms. The van der Waals surface area contributed by atoms with Gasteiger partial charge in [0.2, 0.25) is 0 Å². The molecule has 6 nitrogen and oxygen atoms in total. The van der Waals surface area contributed by atoms with Gasteiger partial charge in [-0.05, 0) is 31.0 Å². The van der Waals surface area contributed by atoms with Crippen molar-refractivity contribution >= 4 is 11.9 Å². The van der Waals surface area contributed by atoms with Crippen LogP contribution in [0.4, 0.5) is 0 Å². The predicted octanol–water partition coefficient (Wildman–Crippen LogP) is 1.06. The number of aliphatic hydroxyl groups is 1. The Balaban J connectivity index is 0.000000494. The van der Waals surface area contributed by atoms with Crippen molar-refractivity contribution in [2.75, 3.05) is 0 Å². The molecule has 0 aliphatic rings. The van der Waals surface area contributed by atoms with Crippen LogP contribution in [0.1, 0.15) is 39.6 Å². The van der Waals surface area contributed by atoms with Crippen LogP contribution in [0.25, 0.3) is 0 Å². The number of hydrogen-bond donors (Lipinski definition) is 4. The first-order valence-electron chi connectivity index (χ1n) is 5.31. The maximum atomic E-state index is 10.6. The van der Waals surface area contributed by atoms with E-state index in [1.54, 1.807) is 0 Å². The molecule has 0 aliphatic heterocycles. The third kappa shape index (κ3) is 4.94. The highest BCUT2D eigenvalue weighted by molar-refractivity contribution is 5.96. The highest BCUT2D eigenvalue weighted by Crippen LogP contribution is 2.13. The largest absolute Gasteiger partial charge is 0.478 e. The van der Waals surface area contributed by atoms with Gasteiger partial charge in [-0.25, -0.2) is 9.59 Å². The first kappa shape index (κ1) is 16.1. The maximum absolute atomic E-state index is 10.6. The third-order valence-corrected chi connectivity index (χ3v) is 2.21. The van der Waals surface area contributed by atoms with Crippen LogP contribution in [-0.4, -0.2) is 33.5 Å². The molecule has 0 heterocycles. The van der Waals surface area contributed by atoms with E-state index in [-0.39, 0.29) is 16.7 Å². The van der Waals surface area contributed by atoms with Gasteiger partial charge in [-0.1, -0.05) is 13.0 Å². The molecule has 0 amide bonds. The Labute approximate surface area is 105 Å². The standard InChI is InChI=1S/C9H8O4.C3H9NO/c1-5-6(8(10)11)3-2-4-7(5)9(12)13;1-2-3(4)5/h2-4H,1H3,(H,10,11)(H,12,13);3,5H,2,4H2,1H3. The average Bonchev–Trinajstić information content (AvgIpc) is 2.29. The summed E-state index contributed by atoms with van der Waals surface area (Å²) in [6, 6.07) is 4.17. The third-order valence-electron chi connectivity index (χ3n) is 2.21. The van der Waals surface area contributed by atoms with Gasteiger partial charge in [-0.3, -0.25) is 0 Å². The second-order valence-corrected chi connectivity index (χ2v) is 3.56. The number of nitrogens with two attached hydrogens (primary N) is 1. The van der Waals surface area contributed by atoms with Crippen molar-refractivity contribution in [3.8, 4) is 0 Å². The number of carbonyl (C=O) groups is 2. The second kappa shape index (κ2) is 7.41. The fourth-order valence-corrected chi connectivity index (χ4v) is 1.10. The molecule has 0 bridgehead atoms. The zero-order valence-corrected chi connectivity index (χ0v) is 10.3. The minimum Gasteiger partial charge on any atom is -0.478 e. The average molecular weight is 255 g/mol. The van der Waals surface area contributed by atoms with Gasteiger partial charge in [-0.15, -0.1) is 0 Å². The highest BCUT2D eigenvalue weighted by Gasteiger charge is 2.13. The molecule has 0 aromatic heterocycles. The number of aliphatic hydroxyl groups excluding tert-OH is 1. The van der Waals surface area contributed by atoms with Crippen molar-refractivity contribution in [1.29, 1.82) is 0 Å². The molecular formula is C12H17NO5. The lowest BCUT2D eigenvalue weighted by molar-refractivity contribution is 0.0696. The van der Waals surface area contributed by atoms with E-state index in [9.17, 15) is 9.59 Å². The summed E-state index contributed by atoms with van der Waals surface area (Å²) in [5.41, 5.74) is 5.18. The molecule has 5 N–H and O–H groups in total. The number of carboxylic acid groups (broad SMARTS) is 2. The van der Waals surface area contributed by atoms with Crippen molar-refractivity contribution in [3.63, 3.8) is 0 Å². The molecule has 0 saturated heterocycles. The fraction of sp³-hybridized carbons (Fsp3) is 0.333. The Morgan fingerprint density at radius 1 is 1.22 bits per heavy atom. The molecule has 1 unspecified atom stereocenters. The summed E-state index contributed by atoms with van der Waals surface area (Å²) in [5, 5.41) is 25.5. The summed E-state index contributed by atoms with van der Waals surface area (Å²) in [5.74, 6) is -2.22. The zero-order valence-electron chi connectivity index (χ0n) is 10.3. The van der Waals surface area contributed by atoms with Gasteiger partial charge < -0.3 is 21.1 Å². The molecular weight excluding hydrogens is 238 g/mol. The molecule has 0 aliphatic carbocycles. The van der Waals surface area contributed by atoms with E-state index >= 15 is 0 Å². The number of hydrogen-bond acceptors (Lipinski definition) is 4. The van der Waals surface area contributed by atoms with Crippen molar-refractivity contribution in [2.24, 2.45) is 5.73 Å². The van der Waals surface area contributed by atoms with Crippen LogP contribution in [0.15, 0.2) is 18.2 Å². The van der Waals surface area contributed by atoms with E-state index in [4.69, 9.17) is 21.1 Å². The number of benzene rings is 1. The first-order valence-corrected chi connectivity index (χ1v) is 5.31. The van der Waals surface area contributed by atoms with Gasteiger partial charge in [0.15, 0.2) is 0 Å². The molecule has 1 atom stereocenters. The zero-order chi connectivity index (χ0) is 14.3. The summed E-state index contributed by atoms with van der Waals surface area (Å²) in [6.45, 7) is 3.30. The molecule has 0 saturated carbocycles. The van der Waals surface area contributed by atoms with E-state index in [0.29, 0.717) is 6.42 Å². The van der Waals surface area contributed by atoms with Crippen molar-refractivity contribution in [2.45, 2.75) is 26.5 Å². The Bertz CT molecular complexity index is 396. The summed E-state index contributed by atoms with van der Waals surface area (Å²) < 4.78 is 0. The van der Waals surface area contributed by atoms with Crippen LogP contribution in [0.2, 0.25) is 0 Å². The normalized spacial score (nSPS) is 11.1. The lowest BCUT2D eigenvalue weighted by Crippen LogP contribution is -2.16. The van der Waals surface area contributed by atoms with Crippen LogP contribution in [0, 0.1) is 6.92 Å². The Morgan fingerprint density at radius 2 is 1.56 bits per heavy atom. The molecule has 100 valence electrons. The van der Waals surface area contributed by atoms with Crippen molar-refractivity contribution in [1.82, 2.24) is 0 Å². The smallest absolute Gasteiger partial charge is 0.335 e. The van der Waals surface area contributed by atoms with Gasteiger partial charge in [0.25, 0.3) is 0 Å². The predicted molar refractivity (Wildman–Crippen MR) is 65.6 cm³/mol. The number of aromatic carboxylic acids is 2. The molecule has 1 aromatic rings. The molecule has 0 radical (unpaired) electrons. The Kier molecular flexibility index (Phi) is 6.62. The van der Waals surface area contributed by atoms with E-state index in [2.05, 4.69) is 0 Å². The lowest BCUT2D eigenvalue weighted by atomic mass is 10.0. The van der Waals surface area contributed by atoms with E-state index < -0.39 is 18.2 Å². The van der Waals surface area contributed by atoms with Crippen LogP contribution in [-0.2, 0) is 0 Å². The van der Waals surface area contributed by atoms with Crippen molar-refractivity contribution in [3.05, 3.63) is 34.9 Å². The summed E-state index contributed by atoms with van der Waals surface area (Å²) >= 11 is 0. The molecule has 6 heteroatoms.